The number of hydrogen-bond acceptors (Lipinski definition) is 2. The molecular formula is C8H11N3. The molecule has 1 heterocycles. The lowest BCUT2D eigenvalue weighted by molar-refractivity contribution is 0.644. The van der Waals surface area contributed by atoms with Crippen molar-refractivity contribution in [3.63, 3.8) is 0 Å². The quantitative estimate of drug-likeness (QED) is 0.554. The van der Waals surface area contributed by atoms with Crippen LogP contribution in [0.25, 0.3) is 6.08 Å². The molecule has 0 bridgehead atoms. The Morgan fingerprint density at radius 3 is 3.00 bits per heavy atom. The Kier molecular flexibility index (Phi) is 1.31. The fraction of sp³-hybridized carbons (Fsp3) is 0.500. The van der Waals surface area contributed by atoms with Gasteiger partial charge in [0.1, 0.15) is 5.69 Å². The van der Waals surface area contributed by atoms with Crippen molar-refractivity contribution in [3.8, 4) is 0 Å². The summed E-state index contributed by atoms with van der Waals surface area (Å²) >= 11 is 0. The van der Waals surface area contributed by atoms with Gasteiger partial charge in [-0.25, -0.2) is 0 Å². The minimum Gasteiger partial charge on any atom is -0.187 e. The first-order valence-electron chi connectivity index (χ1n) is 3.83. The third-order valence-electron chi connectivity index (χ3n) is 1.95. The second kappa shape index (κ2) is 2.19. The second-order valence-corrected chi connectivity index (χ2v) is 3.01. The van der Waals surface area contributed by atoms with Crippen molar-refractivity contribution in [2.75, 3.05) is 0 Å². The Morgan fingerprint density at radius 1 is 1.36 bits per heavy atom. The van der Waals surface area contributed by atoms with E-state index in [1.807, 2.05) is 7.05 Å². The molecule has 3 nitrogen and oxygen atoms in total. The van der Waals surface area contributed by atoms with E-state index in [2.05, 4.69) is 23.2 Å². The zero-order chi connectivity index (χ0) is 7.84. The number of hydrogen-bond donors (Lipinski definition) is 0. The van der Waals surface area contributed by atoms with Gasteiger partial charge < -0.3 is 0 Å². The van der Waals surface area contributed by atoms with E-state index in [1.54, 1.807) is 4.80 Å². The summed E-state index contributed by atoms with van der Waals surface area (Å²) < 4.78 is 0. The van der Waals surface area contributed by atoms with Crippen LogP contribution in [-0.4, -0.2) is 15.0 Å². The normalized spacial score (nSPS) is 16.0. The van der Waals surface area contributed by atoms with Gasteiger partial charge in [-0.15, -0.1) is 0 Å². The molecule has 0 atom stereocenters. The average Bonchev–Trinajstić information content (AvgIpc) is 2.27. The fourth-order valence-electron chi connectivity index (χ4n) is 1.37. The molecule has 0 N–H and O–H groups in total. The molecule has 58 valence electrons. The van der Waals surface area contributed by atoms with Gasteiger partial charge in [-0.05, 0) is 25.8 Å². The SMILES string of the molecule is CC1=Cc2nn(C)nc2CC1. The second-order valence-electron chi connectivity index (χ2n) is 3.01. The topological polar surface area (TPSA) is 30.7 Å². The summed E-state index contributed by atoms with van der Waals surface area (Å²) in [7, 11) is 1.86. The number of aryl methyl sites for hydroxylation is 2. The highest BCUT2D eigenvalue weighted by atomic mass is 15.5. The Bertz CT molecular complexity index is 309. The highest BCUT2D eigenvalue weighted by Crippen LogP contribution is 2.19. The third kappa shape index (κ3) is 1.06. The van der Waals surface area contributed by atoms with Gasteiger partial charge in [0.25, 0.3) is 0 Å². The molecule has 0 aromatic carbocycles. The van der Waals surface area contributed by atoms with Gasteiger partial charge >= 0.3 is 0 Å². The zero-order valence-electron chi connectivity index (χ0n) is 6.83. The fourth-order valence-corrected chi connectivity index (χ4v) is 1.37. The summed E-state index contributed by atoms with van der Waals surface area (Å²) in [4.78, 5) is 1.64. The maximum Gasteiger partial charge on any atom is 0.108 e. The molecule has 2 rings (SSSR count). The number of allylic oxidation sites excluding steroid dienone is 1. The Labute approximate surface area is 65.7 Å². The molecule has 1 aliphatic carbocycles. The van der Waals surface area contributed by atoms with Gasteiger partial charge in [0.2, 0.25) is 0 Å². The summed E-state index contributed by atoms with van der Waals surface area (Å²) in [6.45, 7) is 2.14. The predicted molar refractivity (Wildman–Crippen MR) is 43.0 cm³/mol. The van der Waals surface area contributed by atoms with Crippen LogP contribution in [0.4, 0.5) is 0 Å². The van der Waals surface area contributed by atoms with Crippen LogP contribution >= 0.6 is 0 Å². The van der Waals surface area contributed by atoms with Crippen molar-refractivity contribution in [3.05, 3.63) is 17.0 Å². The molecule has 0 spiro atoms. The van der Waals surface area contributed by atoms with Crippen molar-refractivity contribution in [2.24, 2.45) is 7.05 Å². The van der Waals surface area contributed by atoms with Crippen LogP contribution in [0.15, 0.2) is 5.57 Å². The van der Waals surface area contributed by atoms with E-state index in [4.69, 9.17) is 0 Å². The van der Waals surface area contributed by atoms with Crippen LogP contribution < -0.4 is 0 Å². The van der Waals surface area contributed by atoms with Gasteiger partial charge in [0.05, 0.1) is 5.69 Å². The summed E-state index contributed by atoms with van der Waals surface area (Å²) in [5, 5.41) is 8.48. The lowest BCUT2D eigenvalue weighted by atomic mass is 10.0. The lowest BCUT2D eigenvalue weighted by Gasteiger charge is -2.04. The predicted octanol–water partition coefficient (Wildman–Crippen LogP) is 1.16. The Balaban J connectivity index is 2.50. The van der Waals surface area contributed by atoms with Crippen molar-refractivity contribution >= 4 is 6.08 Å². The van der Waals surface area contributed by atoms with Gasteiger partial charge in [-0.2, -0.15) is 15.0 Å². The van der Waals surface area contributed by atoms with Gasteiger partial charge in [-0.3, -0.25) is 0 Å². The first kappa shape index (κ1) is 6.58. The van der Waals surface area contributed by atoms with Crippen LogP contribution in [0.1, 0.15) is 24.7 Å². The molecule has 0 fully saturated rings. The van der Waals surface area contributed by atoms with Gasteiger partial charge in [0, 0.05) is 7.05 Å². The van der Waals surface area contributed by atoms with Crippen LogP contribution in [0.2, 0.25) is 0 Å². The van der Waals surface area contributed by atoms with Crippen molar-refractivity contribution < 1.29 is 0 Å². The molecule has 0 aliphatic heterocycles. The molecular weight excluding hydrogens is 138 g/mol. The van der Waals surface area contributed by atoms with Crippen molar-refractivity contribution in [1.29, 1.82) is 0 Å². The smallest absolute Gasteiger partial charge is 0.108 e. The van der Waals surface area contributed by atoms with E-state index in [0.29, 0.717) is 0 Å². The molecule has 0 radical (unpaired) electrons. The number of rotatable bonds is 0. The monoisotopic (exact) mass is 149 g/mol. The summed E-state index contributed by atoms with van der Waals surface area (Å²) in [5.74, 6) is 0. The summed E-state index contributed by atoms with van der Waals surface area (Å²) in [5.41, 5.74) is 3.59. The van der Waals surface area contributed by atoms with Crippen LogP contribution in [0.3, 0.4) is 0 Å². The zero-order valence-corrected chi connectivity index (χ0v) is 6.83. The van der Waals surface area contributed by atoms with Gasteiger partial charge in [0.15, 0.2) is 0 Å². The maximum atomic E-state index is 4.25. The molecule has 0 unspecified atom stereocenters. The first-order valence-corrected chi connectivity index (χ1v) is 3.83. The van der Waals surface area contributed by atoms with E-state index in [0.717, 1.165) is 24.2 Å². The van der Waals surface area contributed by atoms with E-state index in [9.17, 15) is 0 Å². The number of nitrogens with zero attached hydrogens (tertiary/aromatic N) is 3. The number of aromatic nitrogens is 3. The summed E-state index contributed by atoms with van der Waals surface area (Å²) in [6, 6.07) is 0. The van der Waals surface area contributed by atoms with Gasteiger partial charge in [-0.1, -0.05) is 5.57 Å². The van der Waals surface area contributed by atoms with Crippen molar-refractivity contribution in [2.45, 2.75) is 19.8 Å². The van der Waals surface area contributed by atoms with Crippen LogP contribution in [-0.2, 0) is 13.5 Å². The highest BCUT2D eigenvalue weighted by Gasteiger charge is 2.11. The van der Waals surface area contributed by atoms with E-state index in [1.165, 1.54) is 5.57 Å². The molecule has 11 heavy (non-hydrogen) atoms. The van der Waals surface area contributed by atoms with Crippen LogP contribution in [0.5, 0.6) is 0 Å². The molecule has 1 aromatic rings. The maximum absolute atomic E-state index is 4.25. The largest absolute Gasteiger partial charge is 0.187 e. The molecule has 0 saturated carbocycles. The number of fused-ring (bicyclic) bond motifs is 1. The minimum absolute atomic E-state index is 1.05. The molecule has 0 saturated heterocycles. The molecule has 0 amide bonds. The van der Waals surface area contributed by atoms with E-state index >= 15 is 0 Å². The first-order chi connectivity index (χ1) is 5.25. The van der Waals surface area contributed by atoms with E-state index < -0.39 is 0 Å². The molecule has 1 aromatic heterocycles. The Hall–Kier alpha value is -1.12. The average molecular weight is 149 g/mol. The van der Waals surface area contributed by atoms with Crippen molar-refractivity contribution in [1.82, 2.24) is 15.0 Å². The highest BCUT2D eigenvalue weighted by molar-refractivity contribution is 5.52. The van der Waals surface area contributed by atoms with Crippen LogP contribution in [0, 0.1) is 0 Å². The lowest BCUT2D eigenvalue weighted by Crippen LogP contribution is -1.96. The standard InChI is InChI=1S/C8H11N3/c1-6-3-4-7-8(5-6)10-11(2)9-7/h5H,3-4H2,1-2H3. The molecule has 1 aliphatic rings. The van der Waals surface area contributed by atoms with E-state index in [-0.39, 0.29) is 0 Å². The third-order valence-corrected chi connectivity index (χ3v) is 1.95. The minimum atomic E-state index is 1.05. The Morgan fingerprint density at radius 2 is 2.18 bits per heavy atom. The summed E-state index contributed by atoms with van der Waals surface area (Å²) in [6.07, 6.45) is 4.29. The molecule has 3 heteroatoms.